The van der Waals surface area contributed by atoms with Gasteiger partial charge in [-0.3, -0.25) is 0 Å². The van der Waals surface area contributed by atoms with Gasteiger partial charge in [0, 0.05) is 0 Å². The van der Waals surface area contributed by atoms with E-state index >= 15 is 0 Å². The van der Waals surface area contributed by atoms with Crippen LogP contribution in [-0.2, 0) is 13.7 Å². The highest BCUT2D eigenvalue weighted by Crippen LogP contribution is 2.26. The minimum atomic E-state index is -4.64. The van der Waals surface area contributed by atoms with E-state index in [9.17, 15) is 0 Å². The number of phosphoric acid groups is 3. The van der Waals surface area contributed by atoms with E-state index in [4.69, 9.17) is 73.1 Å². The van der Waals surface area contributed by atoms with Crippen LogP contribution in [0.15, 0.2) is 0 Å². The van der Waals surface area contributed by atoms with Crippen LogP contribution in [-0.4, -0.2) is 78.7 Å². The number of aliphatic hydroxyl groups is 3. The molecule has 0 aromatic heterocycles. The van der Waals surface area contributed by atoms with Crippen molar-refractivity contribution in [1.82, 2.24) is 0 Å². The normalized spacial score (nSPS) is 11.3. The summed E-state index contributed by atoms with van der Waals surface area (Å²) in [5.41, 5.74) is 0. The quantitative estimate of drug-likeness (QED) is 0.199. The first-order valence-corrected chi connectivity index (χ1v) is 8.75. The van der Waals surface area contributed by atoms with Crippen molar-refractivity contribution in [2.75, 3.05) is 13.2 Å². The van der Waals surface area contributed by atoms with Crippen LogP contribution < -0.4 is 0 Å². The predicted molar refractivity (Wildman–Crippen MR) is 63.0 cm³/mol. The zero-order valence-corrected chi connectivity index (χ0v) is 12.6. The first-order chi connectivity index (χ1) is 8.81. The maximum absolute atomic E-state index is 8.88. The molecule has 21 heavy (non-hydrogen) atoms. The molecule has 0 amide bonds. The van der Waals surface area contributed by atoms with Gasteiger partial charge in [0.2, 0.25) is 0 Å². The fourth-order valence-corrected chi connectivity index (χ4v) is 0.0577. The van der Waals surface area contributed by atoms with Crippen molar-refractivity contribution in [2.45, 2.75) is 6.10 Å². The molecule has 0 aromatic carbocycles. The summed E-state index contributed by atoms with van der Waals surface area (Å²) in [5, 5.41) is 24.0. The molecule has 15 nitrogen and oxygen atoms in total. The Morgan fingerprint density at radius 1 is 0.571 bits per heavy atom. The van der Waals surface area contributed by atoms with E-state index in [0.29, 0.717) is 0 Å². The topological polar surface area (TPSA) is 294 Å². The number of aliphatic hydroxyl groups excluding tert-OH is 3. The lowest BCUT2D eigenvalue weighted by molar-refractivity contribution is 0.0450. The van der Waals surface area contributed by atoms with E-state index in [-0.39, 0.29) is 13.2 Å². The molecule has 0 saturated heterocycles. The standard InChI is InChI=1S/C3H8O3.3H3O4P/c4-1-3(6)2-5;3*1-5(2,3)4/h3-6H,1-2H2;3*(H3,1,2,3,4). The van der Waals surface area contributed by atoms with Gasteiger partial charge < -0.3 is 59.4 Å². The highest BCUT2D eigenvalue weighted by Gasteiger charge is 2.01. The van der Waals surface area contributed by atoms with Gasteiger partial charge in [-0.05, 0) is 0 Å². The van der Waals surface area contributed by atoms with Crippen LogP contribution in [0.4, 0.5) is 0 Å². The second kappa shape index (κ2) is 13.8. The molecule has 0 bridgehead atoms. The van der Waals surface area contributed by atoms with Gasteiger partial charge in [0.05, 0.1) is 13.2 Å². The summed E-state index contributed by atoms with van der Waals surface area (Å²) in [7, 11) is -13.9. The Morgan fingerprint density at radius 2 is 0.667 bits per heavy atom. The van der Waals surface area contributed by atoms with Gasteiger partial charge >= 0.3 is 23.5 Å². The molecule has 0 aliphatic rings. The fraction of sp³-hybridized carbons (Fsp3) is 1.00. The molecule has 134 valence electrons. The van der Waals surface area contributed by atoms with E-state index in [1.54, 1.807) is 0 Å². The minimum absolute atomic E-state index is 0.365. The molecule has 18 heteroatoms. The lowest BCUT2D eigenvalue weighted by Crippen LogP contribution is -2.15. The van der Waals surface area contributed by atoms with Crippen LogP contribution in [0.3, 0.4) is 0 Å². The van der Waals surface area contributed by atoms with E-state index < -0.39 is 29.6 Å². The van der Waals surface area contributed by atoms with Crippen molar-refractivity contribution in [2.24, 2.45) is 0 Å². The third kappa shape index (κ3) is 378. The second-order valence-electron chi connectivity index (χ2n) is 2.56. The van der Waals surface area contributed by atoms with Gasteiger partial charge in [-0.25, -0.2) is 13.7 Å². The maximum atomic E-state index is 8.88. The van der Waals surface area contributed by atoms with Gasteiger partial charge in [0.1, 0.15) is 6.10 Å². The van der Waals surface area contributed by atoms with E-state index in [2.05, 4.69) is 0 Å². The van der Waals surface area contributed by atoms with E-state index in [0.717, 1.165) is 0 Å². The van der Waals surface area contributed by atoms with E-state index in [1.165, 1.54) is 0 Å². The Bertz CT molecular complexity index is 271. The number of hydrogen-bond donors (Lipinski definition) is 12. The SMILES string of the molecule is O=P(O)(O)O.O=P(O)(O)O.O=P(O)(O)O.OCC(O)CO. The Hall–Kier alpha value is 0.210. The first-order valence-electron chi connectivity index (χ1n) is 4.05. The zero-order valence-electron chi connectivity index (χ0n) is 9.92. The number of rotatable bonds is 2. The number of hydrogen-bond acceptors (Lipinski definition) is 6. The summed E-state index contributed by atoms with van der Waals surface area (Å²) in [6.45, 7) is -0.729. The van der Waals surface area contributed by atoms with Crippen LogP contribution in [0.2, 0.25) is 0 Å². The molecule has 0 radical (unpaired) electrons. The maximum Gasteiger partial charge on any atom is 0.466 e. The smallest absolute Gasteiger partial charge is 0.394 e. The predicted octanol–water partition coefficient (Wildman–Crippen LogP) is -4.45. The second-order valence-corrected chi connectivity index (χ2v) is 5.64. The van der Waals surface area contributed by atoms with Crippen LogP contribution in [0.1, 0.15) is 0 Å². The molecule has 0 aliphatic heterocycles. The molecule has 0 rings (SSSR count). The Kier molecular flexibility index (Phi) is 19.3. The lowest BCUT2D eigenvalue weighted by atomic mass is 10.4. The molecular formula is C3H17O15P3. The summed E-state index contributed by atoms with van der Waals surface area (Å²) >= 11 is 0. The van der Waals surface area contributed by atoms with Gasteiger partial charge in [-0.2, -0.15) is 0 Å². The van der Waals surface area contributed by atoms with Gasteiger partial charge in [-0.15, -0.1) is 0 Å². The van der Waals surface area contributed by atoms with Crippen LogP contribution in [0.5, 0.6) is 0 Å². The van der Waals surface area contributed by atoms with Crippen molar-refractivity contribution in [3.8, 4) is 0 Å². The molecule has 0 spiro atoms. The van der Waals surface area contributed by atoms with Crippen molar-refractivity contribution in [3.63, 3.8) is 0 Å². The zero-order chi connectivity index (χ0) is 18.5. The molecular weight excluding hydrogens is 369 g/mol. The molecule has 0 heterocycles. The molecule has 0 aliphatic carbocycles. The molecule has 0 atom stereocenters. The van der Waals surface area contributed by atoms with Gasteiger partial charge in [0.25, 0.3) is 0 Å². The van der Waals surface area contributed by atoms with Gasteiger partial charge in [0.15, 0.2) is 0 Å². The highest BCUT2D eigenvalue weighted by molar-refractivity contribution is 7.45. The summed E-state index contributed by atoms with van der Waals surface area (Å²) in [6.07, 6.45) is -0.954. The Balaban J connectivity index is -0.0000000921. The lowest BCUT2D eigenvalue weighted by Gasteiger charge is -1.96. The van der Waals surface area contributed by atoms with Crippen LogP contribution >= 0.6 is 23.5 Å². The highest BCUT2D eigenvalue weighted by atomic mass is 31.2. The minimum Gasteiger partial charge on any atom is -0.394 e. The van der Waals surface area contributed by atoms with Crippen molar-refractivity contribution in [3.05, 3.63) is 0 Å². The first kappa shape index (κ1) is 29.2. The van der Waals surface area contributed by atoms with Crippen molar-refractivity contribution < 1.29 is 73.1 Å². The largest absolute Gasteiger partial charge is 0.466 e. The summed E-state index contributed by atoms with van der Waals surface area (Å²) < 4.78 is 26.6. The Labute approximate surface area is 117 Å². The third-order valence-electron chi connectivity index (χ3n) is 0.421. The van der Waals surface area contributed by atoms with Gasteiger partial charge in [-0.1, -0.05) is 0 Å². The molecule has 12 N–H and O–H groups in total. The summed E-state index contributed by atoms with van der Waals surface area (Å²) in [4.78, 5) is 64.7. The average Bonchev–Trinajstić information content (AvgIpc) is 2.08. The van der Waals surface area contributed by atoms with Crippen molar-refractivity contribution >= 4 is 23.5 Å². The summed E-state index contributed by atoms with van der Waals surface area (Å²) in [6, 6.07) is 0. The summed E-state index contributed by atoms with van der Waals surface area (Å²) in [5.74, 6) is 0. The molecule has 0 aromatic rings. The molecule has 0 unspecified atom stereocenters. The van der Waals surface area contributed by atoms with E-state index in [1.807, 2.05) is 0 Å². The molecule has 0 fully saturated rings. The Morgan fingerprint density at radius 3 is 0.667 bits per heavy atom. The van der Waals surface area contributed by atoms with Crippen LogP contribution in [0.25, 0.3) is 0 Å². The third-order valence-corrected chi connectivity index (χ3v) is 0.421. The monoisotopic (exact) mass is 386 g/mol. The van der Waals surface area contributed by atoms with Crippen molar-refractivity contribution in [1.29, 1.82) is 0 Å². The van der Waals surface area contributed by atoms with Crippen LogP contribution in [0, 0.1) is 0 Å². The fourth-order valence-electron chi connectivity index (χ4n) is 0.0577. The molecule has 0 saturated carbocycles. The average molecular weight is 386 g/mol.